The summed E-state index contributed by atoms with van der Waals surface area (Å²) in [6, 6.07) is 0. The van der Waals surface area contributed by atoms with E-state index >= 15 is 0 Å². The molecule has 0 aliphatic carbocycles. The molecule has 0 spiro atoms. The van der Waals surface area contributed by atoms with Gasteiger partial charge in [0, 0.05) is 24.8 Å². The molecule has 6 nitrogen and oxygen atoms in total. The average Bonchev–Trinajstić information content (AvgIpc) is 2.82. The van der Waals surface area contributed by atoms with E-state index in [2.05, 4.69) is 14.8 Å². The fraction of sp³-hybridized carbons (Fsp3) is 0.364. The van der Waals surface area contributed by atoms with Gasteiger partial charge in [-0.15, -0.1) is 0 Å². The van der Waals surface area contributed by atoms with Crippen LogP contribution in [0.15, 0.2) is 6.20 Å². The van der Waals surface area contributed by atoms with E-state index in [1.54, 1.807) is 17.8 Å². The molecular weight excluding hydrogens is 252 g/mol. The summed E-state index contributed by atoms with van der Waals surface area (Å²) in [5.41, 5.74) is 2.89. The Kier molecular flexibility index (Phi) is 3.33. The van der Waals surface area contributed by atoms with Gasteiger partial charge in [-0.1, -0.05) is 0 Å². The Morgan fingerprint density at radius 3 is 2.83 bits per heavy atom. The molecule has 0 unspecified atom stereocenters. The van der Waals surface area contributed by atoms with Gasteiger partial charge in [0.05, 0.1) is 11.9 Å². The van der Waals surface area contributed by atoms with Crippen molar-refractivity contribution in [3.63, 3.8) is 0 Å². The highest BCUT2D eigenvalue weighted by molar-refractivity contribution is 7.10. The number of anilines is 1. The zero-order valence-corrected chi connectivity index (χ0v) is 11.2. The maximum absolute atomic E-state index is 11.1. The van der Waals surface area contributed by atoms with Gasteiger partial charge in [-0.2, -0.15) is 9.47 Å². The molecule has 2 N–H and O–H groups in total. The zero-order chi connectivity index (χ0) is 13.3. The molecule has 0 aliphatic rings. The fourth-order valence-electron chi connectivity index (χ4n) is 1.64. The molecule has 0 atom stereocenters. The third-order valence-corrected chi connectivity index (χ3v) is 3.75. The molecule has 0 aromatic carbocycles. The van der Waals surface area contributed by atoms with E-state index < -0.39 is 5.97 Å². The van der Waals surface area contributed by atoms with Crippen LogP contribution in [0.3, 0.4) is 0 Å². The second-order valence-corrected chi connectivity index (χ2v) is 4.78. The number of rotatable bonds is 4. The molecule has 7 heteroatoms. The predicted molar refractivity (Wildman–Crippen MR) is 69.1 cm³/mol. The van der Waals surface area contributed by atoms with Crippen molar-refractivity contribution in [3.05, 3.63) is 28.7 Å². The van der Waals surface area contributed by atoms with E-state index in [0.717, 1.165) is 11.3 Å². The summed E-state index contributed by atoms with van der Waals surface area (Å²) in [6.45, 7) is 4.21. The van der Waals surface area contributed by atoms with E-state index in [1.807, 2.05) is 14.0 Å². The molecule has 0 radical (unpaired) electrons. The predicted octanol–water partition coefficient (Wildman–Crippen LogP) is 1.80. The first-order valence-electron chi connectivity index (χ1n) is 5.41. The van der Waals surface area contributed by atoms with Gasteiger partial charge in [0.1, 0.15) is 10.6 Å². The second-order valence-electron chi connectivity index (χ2n) is 4.01. The highest BCUT2D eigenvalue weighted by Gasteiger charge is 2.17. The Balaban J connectivity index is 2.16. The minimum Gasteiger partial charge on any atom is -0.478 e. The Morgan fingerprint density at radius 2 is 2.28 bits per heavy atom. The van der Waals surface area contributed by atoms with Crippen LogP contribution in [0, 0.1) is 13.8 Å². The van der Waals surface area contributed by atoms with Crippen molar-refractivity contribution in [1.82, 2.24) is 14.2 Å². The van der Waals surface area contributed by atoms with E-state index in [9.17, 15) is 4.79 Å². The zero-order valence-electron chi connectivity index (χ0n) is 10.4. The smallest absolute Gasteiger partial charge is 0.340 e. The monoisotopic (exact) mass is 266 g/mol. The van der Waals surface area contributed by atoms with E-state index in [0.29, 0.717) is 17.2 Å². The molecule has 0 fully saturated rings. The lowest BCUT2D eigenvalue weighted by Crippen LogP contribution is -2.05. The number of aromatic nitrogens is 3. The van der Waals surface area contributed by atoms with Gasteiger partial charge in [0.2, 0.25) is 0 Å². The molecular formula is C11H14N4O2S. The van der Waals surface area contributed by atoms with Crippen molar-refractivity contribution in [3.8, 4) is 0 Å². The number of carbonyl (C=O) groups is 1. The molecule has 96 valence electrons. The molecule has 0 amide bonds. The minimum absolute atomic E-state index is 0.251. The molecule has 0 saturated carbocycles. The molecule has 0 saturated heterocycles. The number of hydrogen-bond acceptors (Lipinski definition) is 5. The summed E-state index contributed by atoms with van der Waals surface area (Å²) in [5, 5.41) is 16.9. The Hall–Kier alpha value is -1.89. The van der Waals surface area contributed by atoms with Gasteiger partial charge in [0.25, 0.3) is 0 Å². The van der Waals surface area contributed by atoms with Gasteiger partial charge >= 0.3 is 5.97 Å². The second kappa shape index (κ2) is 4.77. The van der Waals surface area contributed by atoms with Gasteiger partial charge in [0.15, 0.2) is 0 Å². The topological polar surface area (TPSA) is 80.0 Å². The van der Waals surface area contributed by atoms with E-state index in [1.165, 1.54) is 11.5 Å². The maximum Gasteiger partial charge on any atom is 0.340 e. The summed E-state index contributed by atoms with van der Waals surface area (Å²) >= 11 is 1.17. The van der Waals surface area contributed by atoms with Crippen LogP contribution in [0.2, 0.25) is 0 Å². The van der Waals surface area contributed by atoms with Crippen LogP contribution >= 0.6 is 11.5 Å². The average molecular weight is 266 g/mol. The van der Waals surface area contributed by atoms with Crippen LogP contribution in [0.5, 0.6) is 0 Å². The van der Waals surface area contributed by atoms with Gasteiger partial charge in [-0.05, 0) is 25.4 Å². The molecule has 18 heavy (non-hydrogen) atoms. The van der Waals surface area contributed by atoms with Crippen molar-refractivity contribution in [2.75, 3.05) is 5.32 Å². The summed E-state index contributed by atoms with van der Waals surface area (Å²) in [4.78, 5) is 11.1. The first kappa shape index (κ1) is 12.6. The Labute approximate surface area is 108 Å². The van der Waals surface area contributed by atoms with Crippen LogP contribution in [0.1, 0.15) is 27.3 Å². The molecule has 0 aliphatic heterocycles. The van der Waals surface area contributed by atoms with Crippen molar-refractivity contribution >= 4 is 22.5 Å². The van der Waals surface area contributed by atoms with Crippen molar-refractivity contribution in [2.24, 2.45) is 7.05 Å². The van der Waals surface area contributed by atoms with Crippen LogP contribution in [-0.4, -0.2) is 25.2 Å². The first-order valence-corrected chi connectivity index (χ1v) is 6.19. The third-order valence-electron chi connectivity index (χ3n) is 2.85. The van der Waals surface area contributed by atoms with E-state index in [4.69, 9.17) is 5.11 Å². The van der Waals surface area contributed by atoms with Crippen LogP contribution in [-0.2, 0) is 13.6 Å². The summed E-state index contributed by atoms with van der Waals surface area (Å²) < 4.78 is 5.84. The van der Waals surface area contributed by atoms with Crippen molar-refractivity contribution in [1.29, 1.82) is 0 Å². The normalized spacial score (nSPS) is 10.6. The van der Waals surface area contributed by atoms with Gasteiger partial charge in [-0.3, -0.25) is 4.68 Å². The van der Waals surface area contributed by atoms with Gasteiger partial charge < -0.3 is 10.4 Å². The van der Waals surface area contributed by atoms with Crippen molar-refractivity contribution < 1.29 is 9.90 Å². The largest absolute Gasteiger partial charge is 0.478 e. The summed E-state index contributed by atoms with van der Waals surface area (Å²) in [7, 11) is 1.87. The van der Waals surface area contributed by atoms with Crippen molar-refractivity contribution in [2.45, 2.75) is 20.4 Å². The van der Waals surface area contributed by atoms with Crippen LogP contribution < -0.4 is 5.32 Å². The number of aryl methyl sites for hydroxylation is 2. The van der Waals surface area contributed by atoms with E-state index in [-0.39, 0.29) is 5.56 Å². The standard InChI is InChI=1S/C11H14N4O2S/c1-6-9(11(16)17)10(18-14-6)12-4-8-5-13-15(3)7(8)2/h5,12H,4H2,1-3H3,(H,16,17). The Morgan fingerprint density at radius 1 is 1.56 bits per heavy atom. The third kappa shape index (κ3) is 2.21. The first-order chi connectivity index (χ1) is 8.50. The lowest BCUT2D eigenvalue weighted by Gasteiger charge is -2.04. The number of nitrogens with one attached hydrogen (secondary N) is 1. The Bertz CT molecular complexity index is 588. The molecule has 2 aromatic heterocycles. The number of hydrogen-bond donors (Lipinski definition) is 2. The molecule has 0 bridgehead atoms. The lowest BCUT2D eigenvalue weighted by molar-refractivity contribution is 0.0697. The van der Waals surface area contributed by atoms with Crippen LogP contribution in [0.25, 0.3) is 0 Å². The molecule has 2 rings (SSSR count). The number of carboxylic acids is 1. The molecule has 2 heterocycles. The number of aromatic carboxylic acids is 1. The maximum atomic E-state index is 11.1. The minimum atomic E-state index is -0.952. The van der Waals surface area contributed by atoms with Gasteiger partial charge in [-0.25, -0.2) is 4.79 Å². The lowest BCUT2D eigenvalue weighted by atomic mass is 10.2. The van der Waals surface area contributed by atoms with Crippen LogP contribution in [0.4, 0.5) is 5.00 Å². The molecule has 2 aromatic rings. The highest BCUT2D eigenvalue weighted by Crippen LogP contribution is 2.25. The number of carboxylic acid groups (broad SMARTS) is 1. The fourth-order valence-corrected chi connectivity index (χ4v) is 2.42. The summed E-state index contributed by atoms with van der Waals surface area (Å²) in [5.74, 6) is -0.952. The highest BCUT2D eigenvalue weighted by atomic mass is 32.1. The quantitative estimate of drug-likeness (QED) is 0.882. The SMILES string of the molecule is Cc1nsc(NCc2cnn(C)c2C)c1C(=O)O. The summed E-state index contributed by atoms with van der Waals surface area (Å²) in [6.07, 6.45) is 1.77. The number of nitrogens with zero attached hydrogens (tertiary/aromatic N) is 3.